The first kappa shape index (κ1) is 29.2. The van der Waals surface area contributed by atoms with Gasteiger partial charge in [0.2, 0.25) is 0 Å². The molecule has 1 aliphatic heterocycles. The average Bonchev–Trinajstić information content (AvgIpc) is 3.08. The van der Waals surface area contributed by atoms with E-state index in [-0.39, 0.29) is 0 Å². The molecule has 1 saturated heterocycles. The Balaban J connectivity index is 2.62. The predicted octanol–water partition coefficient (Wildman–Crippen LogP) is 2.25. The monoisotopic (exact) mass is 664 g/mol. The summed E-state index contributed by atoms with van der Waals surface area (Å²) in [6, 6.07) is 1.05. The summed E-state index contributed by atoms with van der Waals surface area (Å²) in [6.45, 7) is -5.29. The van der Waals surface area contributed by atoms with E-state index >= 15 is 0 Å². The number of halogens is 1. The van der Waals surface area contributed by atoms with E-state index in [1.807, 2.05) is 0 Å². The van der Waals surface area contributed by atoms with Crippen molar-refractivity contribution in [2.45, 2.75) is 24.0 Å². The molecule has 0 bridgehead atoms. The lowest BCUT2D eigenvalue weighted by atomic mass is 9.97. The van der Waals surface area contributed by atoms with Gasteiger partial charge in [0.05, 0.1) is 13.2 Å². The smallest absolute Gasteiger partial charge is 0.374 e. The van der Waals surface area contributed by atoms with Gasteiger partial charge in [0.1, 0.15) is 40.8 Å². The number of phosphoric ester groups is 1. The molecule has 0 spiro atoms. The number of rotatable bonds is 13. The molecule has 1 N–H and O–H groups in total. The van der Waals surface area contributed by atoms with Gasteiger partial charge in [-0.1, -0.05) is 12.2 Å². The van der Waals surface area contributed by atoms with Crippen LogP contribution in [0.5, 0.6) is 0 Å². The molecular formula is C13H20IN2O13P3S. The lowest BCUT2D eigenvalue weighted by Crippen LogP contribution is -2.51. The number of nitrogens with zero attached hydrogens (tertiary/aromatic N) is 1. The number of hydrogen-bond donors (Lipinski definition) is 2. The Morgan fingerprint density at radius 3 is 2.45 bits per heavy atom. The first-order valence-electron chi connectivity index (χ1n) is 8.64. The van der Waals surface area contributed by atoms with Crippen LogP contribution in [0, 0.1) is 0 Å². The third-order valence-corrected chi connectivity index (χ3v) is 9.72. The zero-order valence-electron chi connectivity index (χ0n) is 17.2. The van der Waals surface area contributed by atoms with Crippen LogP contribution in [0.3, 0.4) is 0 Å². The van der Waals surface area contributed by atoms with Gasteiger partial charge in [0, 0.05) is 33.6 Å². The van der Waals surface area contributed by atoms with Crippen LogP contribution in [-0.4, -0.2) is 61.9 Å². The van der Waals surface area contributed by atoms with Gasteiger partial charge < -0.3 is 9.47 Å². The van der Waals surface area contributed by atoms with Crippen LogP contribution >= 0.6 is 58.6 Å². The van der Waals surface area contributed by atoms with E-state index in [2.05, 4.69) is 17.2 Å². The Bertz CT molecular complexity index is 1030. The Morgan fingerprint density at radius 2 is 1.94 bits per heavy atom. The van der Waals surface area contributed by atoms with Crippen molar-refractivity contribution in [3.63, 3.8) is 0 Å². The maximum atomic E-state index is 12.6. The maximum Gasteiger partial charge on any atom is 0.474 e. The molecule has 0 aromatic carbocycles. The Morgan fingerprint density at radius 1 is 1.27 bits per heavy atom. The molecule has 3 unspecified atom stereocenters. The second kappa shape index (κ2) is 12.3. The molecule has 1 aromatic heterocycles. The molecule has 2 heterocycles. The van der Waals surface area contributed by atoms with Crippen LogP contribution in [0.25, 0.3) is 0 Å². The minimum absolute atomic E-state index is 0.570. The number of phosphoric acid groups is 1. The lowest BCUT2D eigenvalue weighted by Gasteiger charge is -2.34. The van der Waals surface area contributed by atoms with Crippen molar-refractivity contribution in [3.8, 4) is 0 Å². The topological polar surface area (TPSA) is 180 Å². The first-order valence-corrected chi connectivity index (χ1v) is 14.4. The molecular weight excluding hydrogens is 644 g/mol. The highest BCUT2D eigenvalue weighted by Gasteiger charge is 2.60. The SMILES string of the molecule is COC1C(OP(=O)(S)OI)[C@@](COP=O)(COP(=O)(OC)OC)O[C@H]1n1ccc(=O)[nH]c1=O. The highest BCUT2D eigenvalue weighted by molar-refractivity contribution is 14.1. The summed E-state index contributed by atoms with van der Waals surface area (Å²) in [5.74, 6) is 0. The summed E-state index contributed by atoms with van der Waals surface area (Å²) in [7, 11) is -1.48. The van der Waals surface area contributed by atoms with E-state index < -0.39 is 71.8 Å². The number of aromatic amines is 1. The van der Waals surface area contributed by atoms with Crippen molar-refractivity contribution in [1.29, 1.82) is 0 Å². The zero-order chi connectivity index (χ0) is 24.9. The number of hydrogen-bond acceptors (Lipinski definition) is 13. The number of ether oxygens (including phenoxy) is 2. The van der Waals surface area contributed by atoms with Crippen LogP contribution in [-0.2, 0) is 48.6 Å². The number of aromatic nitrogens is 2. The molecule has 15 nitrogen and oxygen atoms in total. The van der Waals surface area contributed by atoms with Gasteiger partial charge in [0.25, 0.3) is 5.56 Å². The minimum Gasteiger partial charge on any atom is -0.374 e. The highest BCUT2D eigenvalue weighted by Crippen LogP contribution is 2.60. The molecule has 0 radical (unpaired) electrons. The Labute approximate surface area is 208 Å². The average molecular weight is 664 g/mol. The molecule has 1 aromatic rings. The van der Waals surface area contributed by atoms with E-state index in [1.54, 1.807) is 0 Å². The van der Waals surface area contributed by atoms with Crippen molar-refractivity contribution >= 4 is 58.6 Å². The fraction of sp³-hybridized carbons (Fsp3) is 0.692. The van der Waals surface area contributed by atoms with Crippen LogP contribution in [0.4, 0.5) is 0 Å². The molecule has 1 fully saturated rings. The normalized spacial score (nSPS) is 27.6. The van der Waals surface area contributed by atoms with Gasteiger partial charge in [0.15, 0.2) is 6.23 Å². The standard InChI is InChI=1S/C13H20IN2O13P3S/c1-22-9-10(28-32(21,33)29-14)13(6-25-30-19,7-26-31(20,23-2)24-3)27-11(9)16-5-4-8(17)15-12(16)18/h4-5,9-11H,6-7H2,1-3H3,(H,21,33)(H,15,17,18)/t9?,10?,11-,13-,32?/m1/s1. The van der Waals surface area contributed by atoms with Crippen molar-refractivity contribution in [2.75, 3.05) is 34.5 Å². The number of H-pyrrole nitrogens is 1. The minimum atomic E-state index is -4.08. The number of nitrogens with one attached hydrogen (secondary N) is 1. The van der Waals surface area contributed by atoms with Gasteiger partial charge in [-0.05, 0) is 0 Å². The van der Waals surface area contributed by atoms with E-state index in [1.165, 1.54) is 30.1 Å². The fourth-order valence-electron chi connectivity index (χ4n) is 3.00. The number of methoxy groups -OCH3 is 1. The predicted molar refractivity (Wildman–Crippen MR) is 123 cm³/mol. The molecule has 1 aliphatic rings. The van der Waals surface area contributed by atoms with E-state index in [9.17, 15) is 23.3 Å². The van der Waals surface area contributed by atoms with Crippen molar-refractivity contribution in [2.24, 2.45) is 0 Å². The summed E-state index contributed by atoms with van der Waals surface area (Å²) in [6.07, 6.45) is -2.86. The summed E-state index contributed by atoms with van der Waals surface area (Å²) in [4.78, 5) is 26.0. The van der Waals surface area contributed by atoms with Gasteiger partial charge in [-0.2, -0.15) is 0 Å². The molecule has 5 atom stereocenters. The zero-order valence-corrected chi connectivity index (χ0v) is 23.0. The van der Waals surface area contributed by atoms with E-state index in [0.717, 1.165) is 31.0 Å². The van der Waals surface area contributed by atoms with Crippen LogP contribution in [0.1, 0.15) is 6.23 Å². The lowest BCUT2D eigenvalue weighted by molar-refractivity contribution is -0.140. The molecule has 0 amide bonds. The summed E-state index contributed by atoms with van der Waals surface area (Å²) >= 11 is 5.16. The Hall–Kier alpha value is -0.000000000000000222. The van der Waals surface area contributed by atoms with Gasteiger partial charge in [-0.25, -0.2) is 21.3 Å². The molecule has 2 rings (SSSR count). The van der Waals surface area contributed by atoms with Crippen LogP contribution in [0.15, 0.2) is 21.9 Å². The molecule has 188 valence electrons. The van der Waals surface area contributed by atoms with Crippen molar-refractivity contribution < 1.29 is 48.6 Å². The quantitative estimate of drug-likeness (QED) is 0.178. The Kier molecular flexibility index (Phi) is 10.9. The van der Waals surface area contributed by atoms with Crippen molar-refractivity contribution in [3.05, 3.63) is 33.1 Å². The molecule has 0 aliphatic carbocycles. The maximum absolute atomic E-state index is 12.6. The number of thiol groups is 1. The molecule has 0 saturated carbocycles. The largest absolute Gasteiger partial charge is 0.474 e. The second-order valence-corrected chi connectivity index (χ2v) is 12.5. The van der Waals surface area contributed by atoms with Gasteiger partial charge >= 0.3 is 29.0 Å². The molecule has 33 heavy (non-hydrogen) atoms. The highest BCUT2D eigenvalue weighted by atomic mass is 127. The van der Waals surface area contributed by atoms with Crippen LogP contribution < -0.4 is 11.2 Å². The van der Waals surface area contributed by atoms with Crippen molar-refractivity contribution in [1.82, 2.24) is 9.55 Å². The van der Waals surface area contributed by atoms with E-state index in [0.29, 0.717) is 0 Å². The third-order valence-electron chi connectivity index (χ3n) is 4.46. The fourth-order valence-corrected chi connectivity index (χ4v) is 5.22. The second-order valence-electron chi connectivity index (χ2n) is 6.29. The van der Waals surface area contributed by atoms with Gasteiger partial charge in [-0.3, -0.25) is 37.0 Å². The van der Waals surface area contributed by atoms with Gasteiger partial charge in [-0.15, -0.1) is 0 Å². The summed E-state index contributed by atoms with van der Waals surface area (Å²) < 4.78 is 78.5. The van der Waals surface area contributed by atoms with E-state index in [4.69, 9.17) is 34.9 Å². The van der Waals surface area contributed by atoms with Crippen LogP contribution in [0.2, 0.25) is 0 Å². The molecule has 20 heteroatoms. The third kappa shape index (κ3) is 7.03. The first-order chi connectivity index (χ1) is 15.5. The summed E-state index contributed by atoms with van der Waals surface area (Å²) in [5.41, 5.74) is -3.41. The summed E-state index contributed by atoms with van der Waals surface area (Å²) in [5, 5.41) is 0.